The van der Waals surface area contributed by atoms with Crippen molar-refractivity contribution in [1.29, 1.82) is 0 Å². The highest BCUT2D eigenvalue weighted by Gasteiger charge is 2.60. The number of hydrogen-bond donors (Lipinski definition) is 1. The van der Waals surface area contributed by atoms with Gasteiger partial charge in [-0.2, -0.15) is 13.2 Å². The SMILES string of the molecule is COC(=O)C1(C(F)(F)F)C=CC(c2ccc(OC)c(-c3ccccc3[C@H]3OC(=O)N[C@@H]3C)c2)=C(C)C1. The van der Waals surface area contributed by atoms with E-state index in [9.17, 15) is 22.8 Å². The second kappa shape index (κ2) is 9.37. The summed E-state index contributed by atoms with van der Waals surface area (Å²) < 4.78 is 57.4. The topological polar surface area (TPSA) is 73.9 Å². The number of nitrogens with one attached hydrogen (secondary N) is 1. The molecule has 2 aromatic carbocycles. The van der Waals surface area contributed by atoms with E-state index in [0.29, 0.717) is 28.0 Å². The number of benzene rings is 2. The van der Waals surface area contributed by atoms with Gasteiger partial charge in [0.05, 0.1) is 20.3 Å². The van der Waals surface area contributed by atoms with Gasteiger partial charge in [0.25, 0.3) is 0 Å². The van der Waals surface area contributed by atoms with Crippen molar-refractivity contribution in [1.82, 2.24) is 5.32 Å². The monoisotopic (exact) mass is 501 g/mol. The minimum atomic E-state index is -4.81. The average molecular weight is 502 g/mol. The van der Waals surface area contributed by atoms with Crippen LogP contribution in [0.1, 0.15) is 37.5 Å². The lowest BCUT2D eigenvalue weighted by Gasteiger charge is -2.33. The largest absolute Gasteiger partial charge is 0.496 e. The van der Waals surface area contributed by atoms with E-state index in [0.717, 1.165) is 24.3 Å². The standard InChI is InChI=1S/C27H26F3NO5/c1-15-14-26(24(32)35-4,27(28,29)30)12-11-18(15)17-9-10-22(34-3)21(13-17)19-7-5-6-8-20(19)23-16(2)31-25(33)36-23/h5-13,16,23H,14H2,1-4H3,(H,31,33)/t16-,23+,26?/m1/s1. The number of hydrogen-bond acceptors (Lipinski definition) is 5. The zero-order valence-corrected chi connectivity index (χ0v) is 20.2. The number of allylic oxidation sites excluding steroid dienone is 3. The predicted molar refractivity (Wildman–Crippen MR) is 127 cm³/mol. The molecule has 1 amide bonds. The van der Waals surface area contributed by atoms with Crippen LogP contribution in [-0.2, 0) is 14.3 Å². The van der Waals surface area contributed by atoms with Gasteiger partial charge in [0.1, 0.15) is 11.9 Å². The number of cyclic esters (lactones) is 1. The second-order valence-corrected chi connectivity index (χ2v) is 8.93. The number of rotatable bonds is 5. The van der Waals surface area contributed by atoms with E-state index in [1.165, 1.54) is 13.2 Å². The molecule has 2 aliphatic rings. The van der Waals surface area contributed by atoms with Crippen molar-refractivity contribution >= 4 is 17.6 Å². The smallest absolute Gasteiger partial charge is 0.408 e. The van der Waals surface area contributed by atoms with E-state index in [1.807, 2.05) is 37.3 Å². The van der Waals surface area contributed by atoms with Crippen LogP contribution in [0, 0.1) is 5.41 Å². The molecule has 190 valence electrons. The zero-order chi connectivity index (χ0) is 26.3. The Bertz CT molecular complexity index is 1270. The number of methoxy groups -OCH3 is 2. The Morgan fingerprint density at radius 2 is 1.86 bits per heavy atom. The van der Waals surface area contributed by atoms with Gasteiger partial charge in [-0.05, 0) is 49.1 Å². The molecule has 36 heavy (non-hydrogen) atoms. The molecule has 4 rings (SSSR count). The fraction of sp³-hybridized carbons (Fsp3) is 0.333. The van der Waals surface area contributed by atoms with Crippen LogP contribution < -0.4 is 10.1 Å². The molecule has 0 saturated carbocycles. The van der Waals surface area contributed by atoms with Gasteiger partial charge in [-0.25, -0.2) is 4.79 Å². The van der Waals surface area contributed by atoms with Crippen molar-refractivity contribution in [2.24, 2.45) is 5.41 Å². The highest BCUT2D eigenvalue weighted by atomic mass is 19.4. The number of halogens is 3. The number of alkyl carbamates (subject to hydrolysis) is 1. The molecule has 0 aromatic heterocycles. The van der Waals surface area contributed by atoms with Gasteiger partial charge in [0.15, 0.2) is 5.41 Å². The van der Waals surface area contributed by atoms with Crippen LogP contribution in [0.3, 0.4) is 0 Å². The summed E-state index contributed by atoms with van der Waals surface area (Å²) in [7, 11) is 2.48. The lowest BCUT2D eigenvalue weighted by molar-refractivity contribution is -0.219. The van der Waals surface area contributed by atoms with Crippen LogP contribution in [-0.4, -0.2) is 38.5 Å². The van der Waals surface area contributed by atoms with Crippen molar-refractivity contribution < 1.29 is 37.0 Å². The fourth-order valence-corrected chi connectivity index (χ4v) is 4.84. The Hall–Kier alpha value is -3.75. The summed E-state index contributed by atoms with van der Waals surface area (Å²) in [6.07, 6.45) is -4.18. The van der Waals surface area contributed by atoms with Crippen LogP contribution in [0.15, 0.2) is 60.2 Å². The third kappa shape index (κ3) is 4.23. The van der Waals surface area contributed by atoms with Gasteiger partial charge in [-0.3, -0.25) is 4.79 Å². The molecule has 3 atom stereocenters. The van der Waals surface area contributed by atoms with Crippen LogP contribution in [0.5, 0.6) is 5.75 Å². The second-order valence-electron chi connectivity index (χ2n) is 8.93. The molecule has 9 heteroatoms. The summed E-state index contributed by atoms with van der Waals surface area (Å²) in [6, 6.07) is 12.5. The number of esters is 1. The molecule has 1 heterocycles. The van der Waals surface area contributed by atoms with Gasteiger partial charge >= 0.3 is 18.2 Å². The summed E-state index contributed by atoms with van der Waals surface area (Å²) in [5, 5.41) is 2.74. The Morgan fingerprint density at radius 3 is 2.44 bits per heavy atom. The Morgan fingerprint density at radius 1 is 1.14 bits per heavy atom. The van der Waals surface area contributed by atoms with E-state index in [2.05, 4.69) is 10.1 Å². The van der Waals surface area contributed by atoms with Gasteiger partial charge in [-0.1, -0.05) is 48.1 Å². The summed E-state index contributed by atoms with van der Waals surface area (Å²) in [5.41, 5.74) is 1.12. The minimum Gasteiger partial charge on any atom is -0.496 e. The van der Waals surface area contributed by atoms with Crippen LogP contribution in [0.25, 0.3) is 16.7 Å². The van der Waals surface area contributed by atoms with Crippen LogP contribution in [0.2, 0.25) is 0 Å². The Balaban J connectivity index is 1.80. The molecule has 6 nitrogen and oxygen atoms in total. The summed E-state index contributed by atoms with van der Waals surface area (Å²) in [6.45, 7) is 3.42. The first-order valence-electron chi connectivity index (χ1n) is 11.3. The third-order valence-electron chi connectivity index (χ3n) is 6.70. The first-order valence-corrected chi connectivity index (χ1v) is 11.3. The van der Waals surface area contributed by atoms with E-state index in [1.54, 1.807) is 19.1 Å². The minimum absolute atomic E-state index is 0.257. The third-order valence-corrected chi connectivity index (χ3v) is 6.70. The maximum atomic E-state index is 13.9. The Kier molecular flexibility index (Phi) is 6.60. The van der Waals surface area contributed by atoms with Gasteiger partial charge < -0.3 is 19.5 Å². The number of carbonyl (C=O) groups is 2. The summed E-state index contributed by atoms with van der Waals surface area (Å²) in [4.78, 5) is 24.0. The number of alkyl halides is 3. The lowest BCUT2D eigenvalue weighted by atomic mass is 9.74. The number of ether oxygens (including phenoxy) is 3. The first kappa shape index (κ1) is 25.3. The van der Waals surface area contributed by atoms with Gasteiger partial charge in [0, 0.05) is 11.1 Å². The van der Waals surface area contributed by atoms with Gasteiger partial charge in [-0.15, -0.1) is 0 Å². The maximum absolute atomic E-state index is 13.9. The molecular formula is C27H26F3NO5. The molecular weight excluding hydrogens is 475 g/mol. The van der Waals surface area contributed by atoms with Gasteiger partial charge in [0.2, 0.25) is 0 Å². The van der Waals surface area contributed by atoms with Crippen LogP contribution >= 0.6 is 0 Å². The Labute approximate surface area is 206 Å². The van der Waals surface area contributed by atoms with E-state index in [4.69, 9.17) is 9.47 Å². The summed E-state index contributed by atoms with van der Waals surface area (Å²) in [5.74, 6) is -0.795. The first-order chi connectivity index (χ1) is 17.0. The molecule has 1 aliphatic carbocycles. The molecule has 1 fully saturated rings. The van der Waals surface area contributed by atoms with Crippen molar-refractivity contribution in [2.45, 2.75) is 38.6 Å². The van der Waals surface area contributed by atoms with Crippen molar-refractivity contribution in [2.75, 3.05) is 14.2 Å². The molecule has 1 aliphatic heterocycles. The molecule has 0 spiro atoms. The van der Waals surface area contributed by atoms with Crippen molar-refractivity contribution in [3.05, 3.63) is 71.3 Å². The molecule has 2 aromatic rings. The highest BCUT2D eigenvalue weighted by molar-refractivity contribution is 5.88. The quantitative estimate of drug-likeness (QED) is 0.510. The highest BCUT2D eigenvalue weighted by Crippen LogP contribution is 2.50. The van der Waals surface area contributed by atoms with E-state index < -0.39 is 36.2 Å². The molecule has 1 unspecified atom stereocenters. The molecule has 1 saturated heterocycles. The normalized spacial score (nSPS) is 23.8. The van der Waals surface area contributed by atoms with Crippen LogP contribution in [0.4, 0.5) is 18.0 Å². The zero-order valence-electron chi connectivity index (χ0n) is 20.2. The van der Waals surface area contributed by atoms with Crippen molar-refractivity contribution in [3.8, 4) is 16.9 Å². The van der Waals surface area contributed by atoms with E-state index >= 15 is 0 Å². The molecule has 0 radical (unpaired) electrons. The fourth-order valence-electron chi connectivity index (χ4n) is 4.84. The van der Waals surface area contributed by atoms with E-state index in [-0.39, 0.29) is 6.04 Å². The number of carbonyl (C=O) groups excluding carboxylic acids is 2. The maximum Gasteiger partial charge on any atom is 0.408 e. The molecule has 0 bridgehead atoms. The number of amides is 1. The predicted octanol–water partition coefficient (Wildman–Crippen LogP) is 5.99. The average Bonchev–Trinajstić information content (AvgIpc) is 3.19. The van der Waals surface area contributed by atoms with Crippen molar-refractivity contribution in [3.63, 3.8) is 0 Å². The lowest BCUT2D eigenvalue weighted by Crippen LogP contribution is -2.45. The molecule has 1 N–H and O–H groups in total. The summed E-state index contributed by atoms with van der Waals surface area (Å²) >= 11 is 0.